The lowest BCUT2D eigenvalue weighted by Crippen LogP contribution is -1.96. The van der Waals surface area contributed by atoms with Gasteiger partial charge in [0, 0.05) is 13.2 Å². The van der Waals surface area contributed by atoms with Crippen LogP contribution in [-0.2, 0) is 4.74 Å². The molecule has 0 aliphatic rings. The highest BCUT2D eigenvalue weighted by atomic mass is 16.5. The largest absolute Gasteiger partial charge is 0.381 e. The van der Waals surface area contributed by atoms with Crippen LogP contribution < -0.4 is 0 Å². The van der Waals surface area contributed by atoms with E-state index in [9.17, 15) is 0 Å². The summed E-state index contributed by atoms with van der Waals surface area (Å²) in [6.07, 6.45) is 7.03. The van der Waals surface area contributed by atoms with Crippen LogP contribution in [0, 0.1) is 6.42 Å². The molecular formula is C9H19O. The summed E-state index contributed by atoms with van der Waals surface area (Å²) in [6.45, 7) is 6.12. The number of hydrogen-bond donors (Lipinski definition) is 0. The van der Waals surface area contributed by atoms with Crippen LogP contribution >= 0.6 is 0 Å². The van der Waals surface area contributed by atoms with Crippen LogP contribution in [0.4, 0.5) is 0 Å². The third-order valence-electron chi connectivity index (χ3n) is 1.44. The predicted molar refractivity (Wildman–Crippen MR) is 44.9 cm³/mol. The van der Waals surface area contributed by atoms with Crippen LogP contribution in [-0.4, -0.2) is 13.2 Å². The lowest BCUT2D eigenvalue weighted by Gasteiger charge is -2.00. The summed E-state index contributed by atoms with van der Waals surface area (Å²) in [5, 5.41) is 0. The van der Waals surface area contributed by atoms with E-state index in [0.717, 1.165) is 19.6 Å². The van der Waals surface area contributed by atoms with E-state index >= 15 is 0 Å². The van der Waals surface area contributed by atoms with Crippen molar-refractivity contribution < 1.29 is 4.74 Å². The standard InChI is InChI=1S/C9H19O/c1-3-5-7-9-10-8-6-4-2/h4H,3,5-9H2,1-2H3. The molecule has 0 heterocycles. The van der Waals surface area contributed by atoms with Crippen molar-refractivity contribution in [2.45, 2.75) is 39.5 Å². The summed E-state index contributed by atoms with van der Waals surface area (Å²) in [5.41, 5.74) is 0. The fraction of sp³-hybridized carbons (Fsp3) is 0.889. The van der Waals surface area contributed by atoms with E-state index in [2.05, 4.69) is 20.3 Å². The first-order valence-corrected chi connectivity index (χ1v) is 4.27. The zero-order chi connectivity index (χ0) is 7.66. The van der Waals surface area contributed by atoms with E-state index in [0.29, 0.717) is 0 Å². The van der Waals surface area contributed by atoms with E-state index in [4.69, 9.17) is 4.74 Å². The van der Waals surface area contributed by atoms with E-state index in [1.54, 1.807) is 0 Å². The Morgan fingerprint density at radius 1 is 1.20 bits per heavy atom. The molecule has 0 N–H and O–H groups in total. The Labute approximate surface area is 64.8 Å². The van der Waals surface area contributed by atoms with Crippen LogP contribution in [0.25, 0.3) is 0 Å². The van der Waals surface area contributed by atoms with Gasteiger partial charge in [0.1, 0.15) is 0 Å². The Morgan fingerprint density at radius 3 is 2.60 bits per heavy atom. The van der Waals surface area contributed by atoms with Gasteiger partial charge >= 0.3 is 0 Å². The van der Waals surface area contributed by atoms with Crippen molar-refractivity contribution in [2.75, 3.05) is 13.2 Å². The normalized spacial score (nSPS) is 10.2. The summed E-state index contributed by atoms with van der Waals surface area (Å²) in [6, 6.07) is 0. The van der Waals surface area contributed by atoms with Gasteiger partial charge in [-0.15, -0.1) is 0 Å². The molecule has 1 heteroatoms. The molecular weight excluding hydrogens is 124 g/mol. The molecule has 0 rings (SSSR count). The first-order chi connectivity index (χ1) is 4.91. The molecule has 1 nitrogen and oxygen atoms in total. The highest BCUT2D eigenvalue weighted by molar-refractivity contribution is 4.52. The fourth-order valence-electron chi connectivity index (χ4n) is 0.757. The molecule has 0 aliphatic carbocycles. The van der Waals surface area contributed by atoms with Crippen LogP contribution in [0.1, 0.15) is 39.5 Å². The van der Waals surface area contributed by atoms with Gasteiger partial charge in [-0.3, -0.25) is 0 Å². The summed E-state index contributed by atoms with van der Waals surface area (Å²) >= 11 is 0. The SMILES string of the molecule is C[CH]CCOCCCCC. The van der Waals surface area contributed by atoms with Gasteiger partial charge in [0.25, 0.3) is 0 Å². The lowest BCUT2D eigenvalue weighted by molar-refractivity contribution is 0.132. The molecule has 0 aromatic carbocycles. The maximum atomic E-state index is 5.34. The Hall–Kier alpha value is -0.0400. The first kappa shape index (κ1) is 9.96. The van der Waals surface area contributed by atoms with E-state index in [-0.39, 0.29) is 0 Å². The van der Waals surface area contributed by atoms with Gasteiger partial charge in [-0.1, -0.05) is 26.7 Å². The maximum Gasteiger partial charge on any atom is 0.0468 e. The third-order valence-corrected chi connectivity index (χ3v) is 1.44. The van der Waals surface area contributed by atoms with Crippen LogP contribution in [0.3, 0.4) is 0 Å². The molecule has 0 saturated carbocycles. The Kier molecular flexibility index (Phi) is 8.92. The molecule has 0 atom stereocenters. The van der Waals surface area contributed by atoms with Crippen molar-refractivity contribution in [1.82, 2.24) is 0 Å². The van der Waals surface area contributed by atoms with Crippen molar-refractivity contribution in [3.8, 4) is 0 Å². The van der Waals surface area contributed by atoms with E-state index in [1.165, 1.54) is 19.3 Å². The van der Waals surface area contributed by atoms with Gasteiger partial charge in [0.2, 0.25) is 0 Å². The second-order valence-electron chi connectivity index (χ2n) is 2.52. The quantitative estimate of drug-likeness (QED) is 0.498. The average molecular weight is 143 g/mol. The monoisotopic (exact) mass is 143 g/mol. The molecule has 61 valence electrons. The van der Waals surface area contributed by atoms with Gasteiger partial charge in [0.15, 0.2) is 0 Å². The van der Waals surface area contributed by atoms with Crippen LogP contribution in [0.2, 0.25) is 0 Å². The maximum absolute atomic E-state index is 5.34. The number of ether oxygens (including phenoxy) is 1. The predicted octanol–water partition coefficient (Wildman–Crippen LogP) is 2.81. The van der Waals surface area contributed by atoms with E-state index in [1.807, 2.05) is 0 Å². The Bertz CT molecular complexity index is 44.7. The molecule has 0 aliphatic heterocycles. The van der Waals surface area contributed by atoms with Crippen molar-refractivity contribution in [2.24, 2.45) is 0 Å². The van der Waals surface area contributed by atoms with Crippen LogP contribution in [0.15, 0.2) is 0 Å². The first-order valence-electron chi connectivity index (χ1n) is 4.27. The van der Waals surface area contributed by atoms with Gasteiger partial charge in [0.05, 0.1) is 0 Å². The Balaban J connectivity index is 2.65. The van der Waals surface area contributed by atoms with Crippen LogP contribution in [0.5, 0.6) is 0 Å². The zero-order valence-corrected chi connectivity index (χ0v) is 7.23. The lowest BCUT2D eigenvalue weighted by atomic mass is 10.3. The molecule has 10 heavy (non-hydrogen) atoms. The highest BCUT2D eigenvalue weighted by Gasteiger charge is 1.86. The van der Waals surface area contributed by atoms with Crippen molar-refractivity contribution in [3.05, 3.63) is 6.42 Å². The minimum atomic E-state index is 0.903. The third kappa shape index (κ3) is 7.96. The molecule has 1 radical (unpaired) electrons. The van der Waals surface area contributed by atoms with Crippen molar-refractivity contribution in [1.29, 1.82) is 0 Å². The molecule has 0 spiro atoms. The van der Waals surface area contributed by atoms with Crippen molar-refractivity contribution in [3.63, 3.8) is 0 Å². The summed E-state index contributed by atoms with van der Waals surface area (Å²) in [4.78, 5) is 0. The van der Waals surface area contributed by atoms with E-state index < -0.39 is 0 Å². The van der Waals surface area contributed by atoms with Gasteiger partial charge in [-0.2, -0.15) is 0 Å². The molecule has 0 unspecified atom stereocenters. The minimum Gasteiger partial charge on any atom is -0.381 e. The average Bonchev–Trinajstić information content (AvgIpc) is 1.97. The summed E-state index contributed by atoms with van der Waals surface area (Å²) < 4.78 is 5.34. The highest BCUT2D eigenvalue weighted by Crippen LogP contribution is 1.95. The smallest absolute Gasteiger partial charge is 0.0468 e. The van der Waals surface area contributed by atoms with Gasteiger partial charge in [-0.05, 0) is 19.3 Å². The number of hydrogen-bond acceptors (Lipinski definition) is 1. The Morgan fingerprint density at radius 2 is 2.00 bits per heavy atom. The van der Waals surface area contributed by atoms with Gasteiger partial charge < -0.3 is 4.74 Å². The minimum absolute atomic E-state index is 0.903. The molecule has 0 amide bonds. The molecule has 0 saturated heterocycles. The summed E-state index contributed by atoms with van der Waals surface area (Å²) in [7, 11) is 0. The molecule has 0 fully saturated rings. The summed E-state index contributed by atoms with van der Waals surface area (Å²) in [5.74, 6) is 0. The second kappa shape index (κ2) is 8.96. The number of rotatable bonds is 7. The molecule has 0 aromatic rings. The molecule has 0 aromatic heterocycles. The molecule has 0 bridgehead atoms. The number of unbranched alkanes of at least 4 members (excludes halogenated alkanes) is 3. The topological polar surface area (TPSA) is 9.23 Å². The fourth-order valence-corrected chi connectivity index (χ4v) is 0.757. The second-order valence-corrected chi connectivity index (χ2v) is 2.52. The van der Waals surface area contributed by atoms with Crippen molar-refractivity contribution >= 4 is 0 Å². The van der Waals surface area contributed by atoms with Gasteiger partial charge in [-0.25, -0.2) is 0 Å². The zero-order valence-electron chi connectivity index (χ0n) is 7.23.